The number of rotatable bonds is 11. The van der Waals surface area contributed by atoms with Crippen LogP contribution in [-0.4, -0.2) is 60.4 Å². The number of nitrogens with zero attached hydrogens (tertiary/aromatic N) is 1. The first-order chi connectivity index (χ1) is 13.9. The molecule has 2 rings (SSSR count). The molecule has 1 aromatic rings. The van der Waals surface area contributed by atoms with E-state index in [4.69, 9.17) is 9.47 Å². The van der Waals surface area contributed by atoms with E-state index < -0.39 is 29.3 Å². The van der Waals surface area contributed by atoms with E-state index in [2.05, 4.69) is 16.6 Å². The minimum atomic E-state index is -0.901. The van der Waals surface area contributed by atoms with E-state index in [-0.39, 0.29) is 12.5 Å². The van der Waals surface area contributed by atoms with Crippen LogP contribution in [0.15, 0.2) is 42.5 Å². The van der Waals surface area contributed by atoms with Gasteiger partial charge in [-0.1, -0.05) is 43.6 Å². The summed E-state index contributed by atoms with van der Waals surface area (Å²) in [5.41, 5.74) is 0.489. The van der Waals surface area contributed by atoms with E-state index in [1.165, 1.54) is 24.0 Å². The Kier molecular flexibility index (Phi) is 8.53. The van der Waals surface area contributed by atoms with Crippen molar-refractivity contribution in [2.75, 3.05) is 20.3 Å². The number of nitrogens with one attached hydrogen (secondary N) is 2. The third-order valence-corrected chi connectivity index (χ3v) is 5.35. The fourth-order valence-electron chi connectivity index (χ4n) is 2.81. The van der Waals surface area contributed by atoms with E-state index >= 15 is 0 Å². The zero-order valence-electron chi connectivity index (χ0n) is 16.8. The van der Waals surface area contributed by atoms with Crippen LogP contribution in [0.2, 0.25) is 0 Å². The van der Waals surface area contributed by atoms with E-state index in [1.54, 1.807) is 31.2 Å². The van der Waals surface area contributed by atoms with Crippen LogP contribution >= 0.6 is 11.9 Å². The van der Waals surface area contributed by atoms with Crippen LogP contribution in [0.1, 0.15) is 20.3 Å². The lowest BCUT2D eigenvalue weighted by Gasteiger charge is -2.49. The zero-order valence-corrected chi connectivity index (χ0v) is 17.7. The van der Waals surface area contributed by atoms with Gasteiger partial charge in [0.2, 0.25) is 5.91 Å². The quantitative estimate of drug-likeness (QED) is 0.184. The number of ether oxygens (including phenoxy) is 2. The molecule has 9 heteroatoms. The number of para-hydroxylation sites is 1. The molecule has 1 heterocycles. The smallest absolute Gasteiger partial charge is 0.332 e. The number of esters is 1. The topological polar surface area (TPSA) is 97.0 Å². The Morgan fingerprint density at radius 1 is 1.31 bits per heavy atom. The molecule has 8 nitrogen and oxygen atoms in total. The first-order valence-corrected chi connectivity index (χ1v) is 10.2. The molecule has 0 aliphatic carbocycles. The normalized spacial score (nSPS) is 19.1. The van der Waals surface area contributed by atoms with Gasteiger partial charge < -0.3 is 19.7 Å². The fraction of sp³-hybridized carbons (Fsp3) is 0.450. The van der Waals surface area contributed by atoms with Crippen molar-refractivity contribution in [2.24, 2.45) is 0 Å². The Morgan fingerprint density at radius 3 is 2.59 bits per heavy atom. The number of amides is 2. The van der Waals surface area contributed by atoms with Crippen molar-refractivity contribution >= 4 is 29.7 Å². The highest BCUT2D eigenvalue weighted by Gasteiger charge is 2.53. The van der Waals surface area contributed by atoms with Gasteiger partial charge in [-0.05, 0) is 31.1 Å². The Hall–Kier alpha value is -2.52. The Bertz CT molecular complexity index is 743. The molecule has 3 atom stereocenters. The number of methoxy groups -OCH3 is 1. The van der Waals surface area contributed by atoms with Gasteiger partial charge in [-0.25, -0.2) is 4.79 Å². The van der Waals surface area contributed by atoms with Crippen molar-refractivity contribution < 1.29 is 23.9 Å². The van der Waals surface area contributed by atoms with E-state index in [0.29, 0.717) is 11.3 Å². The highest BCUT2D eigenvalue weighted by molar-refractivity contribution is 7.98. The predicted octanol–water partition coefficient (Wildman–Crippen LogP) is 1.48. The second-order valence-electron chi connectivity index (χ2n) is 6.57. The molecule has 3 unspecified atom stereocenters. The second kappa shape index (κ2) is 10.9. The fourth-order valence-corrected chi connectivity index (χ4v) is 3.96. The van der Waals surface area contributed by atoms with Crippen molar-refractivity contribution in [2.45, 2.75) is 37.7 Å². The maximum absolute atomic E-state index is 12.8. The van der Waals surface area contributed by atoms with Gasteiger partial charge in [-0.15, -0.1) is 0 Å². The Labute approximate surface area is 175 Å². The van der Waals surface area contributed by atoms with Crippen LogP contribution in [0, 0.1) is 0 Å². The molecule has 1 aromatic carbocycles. The highest BCUT2D eigenvalue weighted by Crippen LogP contribution is 2.33. The van der Waals surface area contributed by atoms with Crippen LogP contribution < -0.4 is 14.8 Å². The summed E-state index contributed by atoms with van der Waals surface area (Å²) in [6.07, 6.45) is 0.899. The molecule has 1 aliphatic rings. The van der Waals surface area contributed by atoms with Crippen LogP contribution in [0.5, 0.6) is 5.75 Å². The summed E-state index contributed by atoms with van der Waals surface area (Å²) in [7, 11) is 1.26. The third-order valence-electron chi connectivity index (χ3n) is 4.24. The van der Waals surface area contributed by atoms with Gasteiger partial charge in [-0.2, -0.15) is 0 Å². The van der Waals surface area contributed by atoms with Crippen LogP contribution in [0.25, 0.3) is 0 Å². The number of carbonyl (C=O) groups excluding carboxylic acids is 3. The number of β-lactam (4-membered cyclic amide) rings is 1. The highest BCUT2D eigenvalue weighted by atomic mass is 32.2. The molecule has 1 aliphatic heterocycles. The largest absolute Gasteiger partial charge is 0.484 e. The molecule has 0 bridgehead atoms. The number of likely N-dealkylation sites (tertiary alicyclic amines) is 1. The van der Waals surface area contributed by atoms with Gasteiger partial charge in [0.1, 0.15) is 17.2 Å². The maximum atomic E-state index is 12.8. The van der Waals surface area contributed by atoms with Crippen LogP contribution in [-0.2, 0) is 19.1 Å². The Balaban J connectivity index is 2.05. The molecule has 158 valence electrons. The number of carbonyl (C=O) groups is 3. The maximum Gasteiger partial charge on any atom is 0.332 e. The standard InChI is InChI=1S/C20H27N3O5S/c1-5-11-21-29-19-16(18(25)23(19)17(13(2)3)20(26)27-4)22-15(24)12-28-14-9-7-6-8-10-14/h6-10,16-17,19,21H,2,5,11-12H2,1,3-4H3,(H,22,24). The lowest BCUT2D eigenvalue weighted by Crippen LogP contribution is -2.73. The van der Waals surface area contributed by atoms with Crippen molar-refractivity contribution in [1.29, 1.82) is 0 Å². The second-order valence-corrected chi connectivity index (χ2v) is 7.57. The minimum Gasteiger partial charge on any atom is -0.484 e. The van der Waals surface area contributed by atoms with Gasteiger partial charge in [-0.3, -0.25) is 14.3 Å². The summed E-state index contributed by atoms with van der Waals surface area (Å²) in [6.45, 7) is 7.99. The lowest BCUT2D eigenvalue weighted by atomic mass is 9.99. The number of hydrogen-bond donors (Lipinski definition) is 2. The van der Waals surface area contributed by atoms with Crippen molar-refractivity contribution in [1.82, 2.24) is 14.9 Å². The molecule has 0 saturated carbocycles. The van der Waals surface area contributed by atoms with E-state index in [0.717, 1.165) is 13.0 Å². The Morgan fingerprint density at radius 2 is 2.00 bits per heavy atom. The lowest BCUT2D eigenvalue weighted by molar-refractivity contribution is -0.161. The molecular weight excluding hydrogens is 394 g/mol. The molecule has 0 aromatic heterocycles. The van der Waals surface area contributed by atoms with Gasteiger partial charge in [0.15, 0.2) is 12.6 Å². The van der Waals surface area contributed by atoms with Gasteiger partial charge in [0, 0.05) is 6.54 Å². The van der Waals surface area contributed by atoms with E-state index in [1.807, 2.05) is 13.0 Å². The summed E-state index contributed by atoms with van der Waals surface area (Å²) >= 11 is 1.29. The van der Waals surface area contributed by atoms with Gasteiger partial charge in [0.25, 0.3) is 5.91 Å². The molecule has 29 heavy (non-hydrogen) atoms. The average Bonchev–Trinajstić information content (AvgIpc) is 2.72. The van der Waals surface area contributed by atoms with Crippen molar-refractivity contribution in [3.05, 3.63) is 42.5 Å². The van der Waals surface area contributed by atoms with E-state index in [9.17, 15) is 14.4 Å². The summed E-state index contributed by atoms with van der Waals surface area (Å²) in [6, 6.07) is 7.26. The molecule has 1 fully saturated rings. The van der Waals surface area contributed by atoms with Crippen molar-refractivity contribution in [3.8, 4) is 5.75 Å². The third kappa shape index (κ3) is 5.74. The summed E-state index contributed by atoms with van der Waals surface area (Å²) in [5, 5.41) is 2.22. The van der Waals surface area contributed by atoms with Gasteiger partial charge >= 0.3 is 5.97 Å². The van der Waals surface area contributed by atoms with Gasteiger partial charge in [0.05, 0.1) is 7.11 Å². The molecule has 1 saturated heterocycles. The molecule has 0 spiro atoms. The molecule has 2 N–H and O–H groups in total. The number of benzene rings is 1. The SMILES string of the molecule is C=C(C)C(C(=O)OC)N1C(=O)C(NC(=O)COc2ccccc2)C1SNCCC. The van der Waals surface area contributed by atoms with Crippen LogP contribution in [0.4, 0.5) is 0 Å². The molecule has 2 amide bonds. The molecule has 0 radical (unpaired) electrons. The first-order valence-electron chi connectivity index (χ1n) is 9.31. The minimum absolute atomic E-state index is 0.214. The van der Waals surface area contributed by atoms with Crippen LogP contribution in [0.3, 0.4) is 0 Å². The average molecular weight is 422 g/mol. The van der Waals surface area contributed by atoms with Crippen molar-refractivity contribution in [3.63, 3.8) is 0 Å². The first kappa shape index (κ1) is 22.8. The summed E-state index contributed by atoms with van der Waals surface area (Å²) < 4.78 is 13.4. The monoisotopic (exact) mass is 421 g/mol. The predicted molar refractivity (Wildman–Crippen MR) is 111 cm³/mol. The summed E-state index contributed by atoms with van der Waals surface area (Å²) in [4.78, 5) is 38.6. The zero-order chi connectivity index (χ0) is 21.4. The number of hydrogen-bond acceptors (Lipinski definition) is 7. The summed E-state index contributed by atoms with van der Waals surface area (Å²) in [5.74, 6) is -0.790. The molecular formula is C20H27N3O5S.